The van der Waals surface area contributed by atoms with Gasteiger partial charge in [0.2, 0.25) is 0 Å². The lowest BCUT2D eigenvalue weighted by Crippen LogP contribution is -2.37. The molecular formula is C46H90NO8P. The maximum atomic E-state index is 12.7. The van der Waals surface area contributed by atoms with Gasteiger partial charge in [-0.25, -0.2) is 0 Å². The summed E-state index contributed by atoms with van der Waals surface area (Å²) >= 11 is 0. The molecule has 0 aliphatic rings. The molecule has 0 N–H and O–H groups in total. The second kappa shape index (κ2) is 39.2. The number of hydrogen-bond donors (Lipinski definition) is 0. The average molecular weight is 816 g/mol. The molecule has 9 nitrogen and oxygen atoms in total. The smallest absolute Gasteiger partial charge is 0.306 e. The molecule has 10 heteroatoms. The van der Waals surface area contributed by atoms with Crippen LogP contribution in [0.5, 0.6) is 0 Å². The first-order valence-corrected chi connectivity index (χ1v) is 24.9. The van der Waals surface area contributed by atoms with E-state index < -0.39 is 26.5 Å². The van der Waals surface area contributed by atoms with Crippen LogP contribution in [0.2, 0.25) is 0 Å². The number of likely N-dealkylation sites (N-methyl/N-ethyl adjacent to an activating group) is 1. The molecule has 0 saturated carbocycles. The Bertz CT molecular complexity index is 969. The maximum absolute atomic E-state index is 12.7. The first kappa shape index (κ1) is 54.8. The summed E-state index contributed by atoms with van der Waals surface area (Å²) in [4.78, 5) is 37.6. The van der Waals surface area contributed by atoms with Crippen LogP contribution in [0.15, 0.2) is 12.2 Å². The van der Waals surface area contributed by atoms with Gasteiger partial charge >= 0.3 is 11.9 Å². The van der Waals surface area contributed by atoms with Crippen LogP contribution >= 0.6 is 7.82 Å². The summed E-state index contributed by atoms with van der Waals surface area (Å²) < 4.78 is 34.0. The molecule has 0 heterocycles. The Balaban J connectivity index is 4.28. The van der Waals surface area contributed by atoms with Gasteiger partial charge in [-0.3, -0.25) is 14.2 Å². The largest absolute Gasteiger partial charge is 0.756 e. The molecule has 0 aromatic rings. The van der Waals surface area contributed by atoms with Gasteiger partial charge in [0.25, 0.3) is 7.82 Å². The predicted octanol–water partition coefficient (Wildman–Crippen LogP) is 12.7. The van der Waals surface area contributed by atoms with Gasteiger partial charge in [-0.1, -0.05) is 187 Å². The van der Waals surface area contributed by atoms with Gasteiger partial charge in [-0.05, 0) is 32.1 Å². The molecular weight excluding hydrogens is 725 g/mol. The summed E-state index contributed by atoms with van der Waals surface area (Å²) in [6.45, 7) is 4.23. The van der Waals surface area contributed by atoms with Crippen molar-refractivity contribution >= 4 is 19.8 Å². The molecule has 0 spiro atoms. The van der Waals surface area contributed by atoms with E-state index in [2.05, 4.69) is 26.0 Å². The molecule has 0 saturated heterocycles. The van der Waals surface area contributed by atoms with Crippen molar-refractivity contribution in [1.82, 2.24) is 0 Å². The number of esters is 2. The second-order valence-electron chi connectivity index (χ2n) is 17.1. The zero-order valence-corrected chi connectivity index (χ0v) is 38.2. The molecule has 0 aliphatic heterocycles. The van der Waals surface area contributed by atoms with E-state index in [1.54, 1.807) is 0 Å². The van der Waals surface area contributed by atoms with E-state index in [1.165, 1.54) is 154 Å². The Labute approximate surface area is 346 Å². The Morgan fingerprint density at radius 3 is 1.38 bits per heavy atom. The van der Waals surface area contributed by atoms with Crippen molar-refractivity contribution in [3.05, 3.63) is 12.2 Å². The maximum Gasteiger partial charge on any atom is 0.306 e. The van der Waals surface area contributed by atoms with Crippen LogP contribution in [-0.2, 0) is 32.7 Å². The summed E-state index contributed by atoms with van der Waals surface area (Å²) in [7, 11) is 1.18. The van der Waals surface area contributed by atoms with Gasteiger partial charge in [0.1, 0.15) is 19.8 Å². The molecule has 0 rings (SSSR count). The quantitative estimate of drug-likeness (QED) is 0.0197. The van der Waals surface area contributed by atoms with Crippen LogP contribution in [0.4, 0.5) is 0 Å². The number of unbranched alkanes of at least 4 members (excludes halogenated alkanes) is 27. The lowest BCUT2D eigenvalue weighted by molar-refractivity contribution is -0.870. The van der Waals surface area contributed by atoms with Crippen molar-refractivity contribution < 1.29 is 42.1 Å². The number of rotatable bonds is 43. The topological polar surface area (TPSA) is 111 Å². The van der Waals surface area contributed by atoms with E-state index in [4.69, 9.17) is 18.5 Å². The Morgan fingerprint density at radius 1 is 0.536 bits per heavy atom. The number of phosphoric ester groups is 1. The number of ether oxygens (including phenoxy) is 2. The molecule has 0 amide bonds. The first-order chi connectivity index (χ1) is 27.0. The van der Waals surface area contributed by atoms with Gasteiger partial charge in [0, 0.05) is 12.8 Å². The van der Waals surface area contributed by atoms with E-state index >= 15 is 0 Å². The average Bonchev–Trinajstić information content (AvgIpc) is 3.15. The highest BCUT2D eigenvalue weighted by Gasteiger charge is 2.21. The molecule has 0 aromatic heterocycles. The van der Waals surface area contributed by atoms with Crippen LogP contribution in [0, 0.1) is 0 Å². The minimum atomic E-state index is -4.62. The van der Waals surface area contributed by atoms with Crippen molar-refractivity contribution in [2.75, 3.05) is 47.5 Å². The minimum absolute atomic E-state index is 0.0277. The third-order valence-corrected chi connectivity index (χ3v) is 11.2. The fourth-order valence-corrected chi connectivity index (χ4v) is 7.31. The zero-order chi connectivity index (χ0) is 41.4. The molecule has 0 fully saturated rings. The molecule has 2 atom stereocenters. The van der Waals surface area contributed by atoms with Crippen molar-refractivity contribution in [3.63, 3.8) is 0 Å². The van der Waals surface area contributed by atoms with E-state index in [9.17, 15) is 19.0 Å². The summed E-state index contributed by atoms with van der Waals surface area (Å²) in [5.41, 5.74) is 0. The molecule has 0 bridgehead atoms. The zero-order valence-electron chi connectivity index (χ0n) is 37.3. The number of allylic oxidation sites excluding steroid dienone is 2. The van der Waals surface area contributed by atoms with Crippen molar-refractivity contribution in [1.29, 1.82) is 0 Å². The van der Waals surface area contributed by atoms with Crippen LogP contribution < -0.4 is 4.89 Å². The fraction of sp³-hybridized carbons (Fsp3) is 0.913. The van der Waals surface area contributed by atoms with Gasteiger partial charge in [0.05, 0.1) is 27.7 Å². The number of carbonyl (C=O) groups is 2. The minimum Gasteiger partial charge on any atom is -0.756 e. The molecule has 0 aliphatic carbocycles. The second-order valence-corrected chi connectivity index (χ2v) is 18.5. The van der Waals surface area contributed by atoms with Crippen molar-refractivity contribution in [2.45, 2.75) is 225 Å². The van der Waals surface area contributed by atoms with Crippen LogP contribution in [-0.4, -0.2) is 70.0 Å². The number of hydrogen-bond acceptors (Lipinski definition) is 8. The Morgan fingerprint density at radius 2 is 0.929 bits per heavy atom. The first-order valence-electron chi connectivity index (χ1n) is 23.4. The highest BCUT2D eigenvalue weighted by molar-refractivity contribution is 7.45. The lowest BCUT2D eigenvalue weighted by atomic mass is 10.0. The summed E-state index contributed by atoms with van der Waals surface area (Å²) in [6, 6.07) is 0. The van der Waals surface area contributed by atoms with Crippen LogP contribution in [0.3, 0.4) is 0 Å². The summed E-state index contributed by atoms with van der Waals surface area (Å²) in [5, 5.41) is 0. The molecule has 0 aromatic carbocycles. The number of carbonyl (C=O) groups excluding carboxylic acids is 2. The molecule has 56 heavy (non-hydrogen) atoms. The standard InChI is InChI=1S/C46H90NO8P/c1-6-8-10-12-14-16-18-20-22-23-25-27-29-31-33-35-37-39-46(49)55-44(43-54-56(50,51)53-41-40-47(3,4)5)42-52-45(48)38-36-34-32-30-28-26-24-21-19-17-15-13-11-9-7-2/h13,15,44H,6-12,14,16-43H2,1-5H3/b15-13+/t44-/m1/s1. The third kappa shape index (κ3) is 42.4. The monoisotopic (exact) mass is 816 g/mol. The van der Waals surface area contributed by atoms with Crippen LogP contribution in [0.25, 0.3) is 0 Å². The van der Waals surface area contributed by atoms with Gasteiger partial charge < -0.3 is 27.9 Å². The lowest BCUT2D eigenvalue weighted by Gasteiger charge is -2.28. The van der Waals surface area contributed by atoms with Gasteiger partial charge in [-0.2, -0.15) is 0 Å². The van der Waals surface area contributed by atoms with E-state index in [1.807, 2.05) is 21.1 Å². The highest BCUT2D eigenvalue weighted by Crippen LogP contribution is 2.38. The highest BCUT2D eigenvalue weighted by atomic mass is 31.2. The van der Waals surface area contributed by atoms with Gasteiger partial charge in [0.15, 0.2) is 6.10 Å². The van der Waals surface area contributed by atoms with Crippen molar-refractivity contribution in [2.24, 2.45) is 0 Å². The van der Waals surface area contributed by atoms with Crippen LogP contribution in [0.1, 0.15) is 219 Å². The van der Waals surface area contributed by atoms with Gasteiger partial charge in [-0.15, -0.1) is 0 Å². The number of phosphoric acid groups is 1. The molecule has 1 unspecified atom stereocenters. The Kier molecular flexibility index (Phi) is 38.3. The predicted molar refractivity (Wildman–Crippen MR) is 231 cm³/mol. The SMILES string of the molecule is CCCC/C=C/CCCCCCCCCCCC(=O)OC[C@H](COP(=O)([O-])OCC[N+](C)(C)C)OC(=O)CCCCCCCCCCCCCCCCCCC. The third-order valence-electron chi connectivity index (χ3n) is 10.3. The van der Waals surface area contributed by atoms with Crippen molar-refractivity contribution in [3.8, 4) is 0 Å². The Hall–Kier alpha value is -1.25. The molecule has 0 radical (unpaired) electrons. The summed E-state index contributed by atoms with van der Waals surface area (Å²) in [5.74, 6) is -0.825. The number of quaternary nitrogens is 1. The van der Waals surface area contributed by atoms with E-state index in [-0.39, 0.29) is 32.0 Å². The normalized spacial score (nSPS) is 13.6. The van der Waals surface area contributed by atoms with E-state index in [0.29, 0.717) is 17.4 Å². The fourth-order valence-electron chi connectivity index (χ4n) is 6.58. The number of nitrogens with zero attached hydrogens (tertiary/aromatic N) is 1. The summed E-state index contributed by atoms with van der Waals surface area (Å²) in [6.07, 6.45) is 40.9. The molecule has 332 valence electrons. The van der Waals surface area contributed by atoms with E-state index in [0.717, 1.165) is 32.1 Å².